The molecule has 0 aliphatic rings. The van der Waals surface area contributed by atoms with E-state index in [4.69, 9.17) is 4.74 Å². The summed E-state index contributed by atoms with van der Waals surface area (Å²) in [5, 5.41) is 15.1. The maximum atomic E-state index is 13.9. The molecule has 2 rings (SSSR count). The maximum absolute atomic E-state index is 13.9. The highest BCUT2D eigenvalue weighted by Gasteiger charge is 2.21. The van der Waals surface area contributed by atoms with Crippen LogP contribution in [0.1, 0.15) is 12.5 Å². The second-order valence-corrected chi connectivity index (χ2v) is 4.44. The van der Waals surface area contributed by atoms with Crippen LogP contribution in [-0.2, 0) is 0 Å². The molecule has 0 aromatic heterocycles. The van der Waals surface area contributed by atoms with Gasteiger partial charge in [-0.1, -0.05) is 18.2 Å². The summed E-state index contributed by atoms with van der Waals surface area (Å²) in [6.45, 7) is 1.63. The topological polar surface area (TPSA) is 76.8 Å². The summed E-state index contributed by atoms with van der Waals surface area (Å²) in [5.74, 6) is -1.20. The first-order chi connectivity index (χ1) is 10.5. The van der Waals surface area contributed by atoms with Crippen molar-refractivity contribution in [2.75, 3.05) is 12.5 Å². The average Bonchev–Trinajstić information content (AvgIpc) is 2.52. The molecular weight excluding hydrogens is 289 g/mol. The van der Waals surface area contributed by atoms with Crippen LogP contribution in [0.4, 0.5) is 15.8 Å². The van der Waals surface area contributed by atoms with E-state index >= 15 is 0 Å². The van der Waals surface area contributed by atoms with Crippen molar-refractivity contribution in [2.45, 2.75) is 6.92 Å². The fraction of sp³-hybridized carbons (Fsp3) is 0.133. The molecule has 0 aliphatic heterocycles. The van der Waals surface area contributed by atoms with E-state index in [1.807, 2.05) is 30.3 Å². The van der Waals surface area contributed by atoms with E-state index in [-0.39, 0.29) is 0 Å². The van der Waals surface area contributed by atoms with Crippen molar-refractivity contribution >= 4 is 17.1 Å². The molecule has 6 nitrogen and oxygen atoms in total. The van der Waals surface area contributed by atoms with Gasteiger partial charge in [0, 0.05) is 11.6 Å². The quantitative estimate of drug-likeness (QED) is 0.520. The van der Waals surface area contributed by atoms with Crippen LogP contribution >= 0.6 is 0 Å². The number of hydrazone groups is 1. The Bertz CT molecular complexity index is 717. The molecule has 7 heteroatoms. The molecule has 0 amide bonds. The third-order valence-corrected chi connectivity index (χ3v) is 2.97. The fourth-order valence-corrected chi connectivity index (χ4v) is 1.85. The van der Waals surface area contributed by atoms with Crippen molar-refractivity contribution in [1.29, 1.82) is 0 Å². The van der Waals surface area contributed by atoms with Gasteiger partial charge in [-0.05, 0) is 25.1 Å². The summed E-state index contributed by atoms with van der Waals surface area (Å²) >= 11 is 0. The van der Waals surface area contributed by atoms with Crippen LogP contribution in [0.15, 0.2) is 47.6 Å². The second kappa shape index (κ2) is 6.66. The minimum absolute atomic E-state index is 0.299. The molecule has 0 saturated heterocycles. The Labute approximate surface area is 126 Å². The van der Waals surface area contributed by atoms with E-state index in [9.17, 15) is 14.5 Å². The Kier molecular flexibility index (Phi) is 4.67. The first-order valence-electron chi connectivity index (χ1n) is 6.40. The number of hydrogen-bond acceptors (Lipinski definition) is 5. The monoisotopic (exact) mass is 303 g/mol. The lowest BCUT2D eigenvalue weighted by atomic mass is 10.1. The Morgan fingerprint density at radius 1 is 1.32 bits per heavy atom. The predicted octanol–water partition coefficient (Wildman–Crippen LogP) is 3.58. The second-order valence-electron chi connectivity index (χ2n) is 4.44. The number of methoxy groups -OCH3 is 1. The van der Waals surface area contributed by atoms with Gasteiger partial charge in [-0.15, -0.1) is 0 Å². The number of ether oxygens (including phenoxy) is 1. The summed E-state index contributed by atoms with van der Waals surface area (Å²) < 4.78 is 18.6. The molecule has 0 unspecified atom stereocenters. The van der Waals surface area contributed by atoms with Gasteiger partial charge in [-0.3, -0.25) is 15.5 Å². The lowest BCUT2D eigenvalue weighted by Gasteiger charge is -2.07. The highest BCUT2D eigenvalue weighted by molar-refractivity contribution is 5.99. The van der Waals surface area contributed by atoms with Crippen LogP contribution in [0.25, 0.3) is 0 Å². The van der Waals surface area contributed by atoms with Gasteiger partial charge in [0.15, 0.2) is 5.82 Å². The Balaban J connectivity index is 2.33. The zero-order chi connectivity index (χ0) is 16.1. The number of nitrogens with zero attached hydrogens (tertiary/aromatic N) is 2. The van der Waals surface area contributed by atoms with Crippen molar-refractivity contribution in [3.05, 3.63) is 64.0 Å². The van der Waals surface area contributed by atoms with Gasteiger partial charge in [0.05, 0.1) is 23.4 Å². The number of halogens is 1. The summed E-state index contributed by atoms with van der Waals surface area (Å²) in [6, 6.07) is 11.5. The molecule has 0 atom stereocenters. The molecule has 2 aromatic rings. The van der Waals surface area contributed by atoms with Gasteiger partial charge >= 0.3 is 5.69 Å². The number of nitro groups is 1. The van der Waals surface area contributed by atoms with Crippen molar-refractivity contribution in [2.24, 2.45) is 5.10 Å². The molecule has 0 radical (unpaired) electrons. The Hall–Kier alpha value is -2.96. The number of nitro benzene ring substituents is 1. The van der Waals surface area contributed by atoms with Crippen LogP contribution in [-0.4, -0.2) is 17.7 Å². The van der Waals surface area contributed by atoms with Gasteiger partial charge in [-0.2, -0.15) is 5.10 Å². The van der Waals surface area contributed by atoms with Gasteiger partial charge in [0.25, 0.3) is 0 Å². The van der Waals surface area contributed by atoms with Crippen LogP contribution in [0.3, 0.4) is 0 Å². The zero-order valence-electron chi connectivity index (χ0n) is 12.0. The summed E-state index contributed by atoms with van der Waals surface area (Å²) in [4.78, 5) is 10.3. The van der Waals surface area contributed by atoms with Gasteiger partial charge in [-0.25, -0.2) is 4.39 Å². The first kappa shape index (κ1) is 15.4. The summed E-state index contributed by atoms with van der Waals surface area (Å²) in [7, 11) is 1.18. The number of nitrogens with one attached hydrogen (secondary N) is 1. The molecule has 22 heavy (non-hydrogen) atoms. The minimum atomic E-state index is -0.805. The van der Waals surface area contributed by atoms with Gasteiger partial charge in [0.1, 0.15) is 0 Å². The number of rotatable bonds is 5. The Morgan fingerprint density at radius 2 is 2.00 bits per heavy atom. The molecule has 0 spiro atoms. The van der Waals surface area contributed by atoms with Crippen molar-refractivity contribution in [1.82, 2.24) is 0 Å². The largest absolute Gasteiger partial charge is 0.488 e. The number of anilines is 1. The predicted molar refractivity (Wildman–Crippen MR) is 81.9 cm³/mol. The molecule has 0 saturated carbocycles. The third-order valence-electron chi connectivity index (χ3n) is 2.97. The number of benzene rings is 2. The zero-order valence-corrected chi connectivity index (χ0v) is 12.0. The maximum Gasteiger partial charge on any atom is 0.314 e. The SMILES string of the molecule is COc1c(F)cc(C(C)=NNc2ccccc2)cc1[N+](=O)[O-]. The van der Waals surface area contributed by atoms with Crippen LogP contribution in [0, 0.1) is 15.9 Å². The standard InChI is InChI=1S/C15H14FN3O3/c1-10(17-18-12-6-4-3-5-7-12)11-8-13(16)15(22-2)14(9-11)19(20)21/h3-9,18H,1-2H3. The van der Waals surface area contributed by atoms with Gasteiger partial charge < -0.3 is 4.74 Å². The third kappa shape index (κ3) is 3.38. The van der Waals surface area contributed by atoms with Crippen molar-refractivity contribution in [3.63, 3.8) is 0 Å². The van der Waals surface area contributed by atoms with E-state index < -0.39 is 22.2 Å². The van der Waals surface area contributed by atoms with E-state index in [1.165, 1.54) is 13.2 Å². The van der Waals surface area contributed by atoms with E-state index in [0.29, 0.717) is 11.3 Å². The lowest BCUT2D eigenvalue weighted by molar-refractivity contribution is -0.386. The van der Waals surface area contributed by atoms with Crippen LogP contribution in [0.2, 0.25) is 0 Å². The van der Waals surface area contributed by atoms with Crippen LogP contribution < -0.4 is 10.2 Å². The van der Waals surface area contributed by atoms with E-state index in [2.05, 4.69) is 10.5 Å². The molecule has 114 valence electrons. The fourth-order valence-electron chi connectivity index (χ4n) is 1.85. The molecule has 0 bridgehead atoms. The molecule has 0 fully saturated rings. The number of hydrogen-bond donors (Lipinski definition) is 1. The highest BCUT2D eigenvalue weighted by Crippen LogP contribution is 2.31. The Morgan fingerprint density at radius 3 is 2.59 bits per heavy atom. The summed E-state index contributed by atoms with van der Waals surface area (Å²) in [5.41, 5.74) is 3.83. The smallest absolute Gasteiger partial charge is 0.314 e. The molecule has 0 heterocycles. The molecule has 0 aliphatic carbocycles. The first-order valence-corrected chi connectivity index (χ1v) is 6.40. The molecule has 2 aromatic carbocycles. The van der Waals surface area contributed by atoms with Crippen molar-refractivity contribution < 1.29 is 14.1 Å². The number of para-hydroxylation sites is 1. The van der Waals surface area contributed by atoms with E-state index in [0.717, 1.165) is 11.8 Å². The molecule has 1 N–H and O–H groups in total. The highest BCUT2D eigenvalue weighted by atomic mass is 19.1. The van der Waals surface area contributed by atoms with E-state index in [1.54, 1.807) is 6.92 Å². The average molecular weight is 303 g/mol. The normalized spacial score (nSPS) is 11.1. The van der Waals surface area contributed by atoms with Crippen LogP contribution in [0.5, 0.6) is 5.75 Å². The van der Waals surface area contributed by atoms with Crippen molar-refractivity contribution in [3.8, 4) is 5.75 Å². The molecular formula is C15H14FN3O3. The lowest BCUT2D eigenvalue weighted by Crippen LogP contribution is -2.04. The summed E-state index contributed by atoms with van der Waals surface area (Å²) in [6.07, 6.45) is 0. The minimum Gasteiger partial charge on any atom is -0.488 e. The van der Waals surface area contributed by atoms with Gasteiger partial charge in [0.2, 0.25) is 5.75 Å².